The number of halogens is 2. The highest BCUT2D eigenvalue weighted by atomic mass is 35.5. The lowest BCUT2D eigenvalue weighted by molar-refractivity contribution is -0.112. The number of nitrogens with one attached hydrogen (secondary N) is 1. The van der Waals surface area contributed by atoms with Crippen LogP contribution in [0, 0.1) is 0 Å². The molecule has 1 aliphatic rings. The predicted octanol–water partition coefficient (Wildman–Crippen LogP) is 2.08. The first-order chi connectivity index (χ1) is 15.1. The lowest BCUT2D eigenvalue weighted by atomic mass is 10.1. The van der Waals surface area contributed by atoms with E-state index in [0.29, 0.717) is 22.0 Å². The molecule has 1 atom stereocenters. The Kier molecular flexibility index (Phi) is 7.22. The van der Waals surface area contributed by atoms with Crippen LogP contribution in [0.25, 0.3) is 11.3 Å². The maximum absolute atomic E-state index is 12.8. The fraction of sp³-hybridized carbons (Fsp3) is 0.250. The first-order valence-electron chi connectivity index (χ1n) is 9.35. The van der Waals surface area contributed by atoms with Crippen LogP contribution in [-0.4, -0.2) is 56.4 Å². The van der Waals surface area contributed by atoms with Crippen molar-refractivity contribution in [2.75, 3.05) is 19.0 Å². The van der Waals surface area contributed by atoms with Gasteiger partial charge in [0.05, 0.1) is 25.9 Å². The molecule has 0 aliphatic carbocycles. The third kappa shape index (κ3) is 5.29. The van der Waals surface area contributed by atoms with Gasteiger partial charge in [0.15, 0.2) is 5.82 Å². The summed E-state index contributed by atoms with van der Waals surface area (Å²) < 4.78 is 6.80. The highest BCUT2D eigenvalue weighted by molar-refractivity contribution is 6.44. The number of carbonyl (C=O) groups is 1. The van der Waals surface area contributed by atoms with Crippen LogP contribution in [-0.2, 0) is 11.3 Å². The molecule has 0 saturated heterocycles. The van der Waals surface area contributed by atoms with E-state index in [1.165, 1.54) is 37.3 Å². The number of methoxy groups -OCH3 is 1. The SMILES string of the molecule is COc1ccc(Cl)cc1-c1nn(CC(C)(O)CO)cc1NC(=O)/C(Cl)=C1\N=CC=CN1N. The molecule has 32 heavy (non-hydrogen) atoms. The van der Waals surface area contributed by atoms with Crippen LogP contribution in [0.2, 0.25) is 5.02 Å². The second kappa shape index (κ2) is 9.72. The number of nitrogens with two attached hydrogens (primary N) is 1. The molecule has 0 spiro atoms. The average molecular weight is 481 g/mol. The number of ether oxygens (including phenoxy) is 1. The molecule has 0 saturated carbocycles. The highest BCUT2D eigenvalue weighted by Gasteiger charge is 2.25. The number of rotatable bonds is 7. The quantitative estimate of drug-likeness (QED) is 0.351. The average Bonchev–Trinajstić information content (AvgIpc) is 3.14. The van der Waals surface area contributed by atoms with E-state index in [-0.39, 0.29) is 23.1 Å². The van der Waals surface area contributed by atoms with Crippen LogP contribution in [0.1, 0.15) is 6.92 Å². The number of amides is 1. The Balaban J connectivity index is 2.04. The summed E-state index contributed by atoms with van der Waals surface area (Å²) >= 11 is 12.4. The van der Waals surface area contributed by atoms with E-state index in [2.05, 4.69) is 15.4 Å². The number of benzene rings is 1. The molecular weight excluding hydrogens is 459 g/mol. The Morgan fingerprint density at radius 2 is 2.16 bits per heavy atom. The molecule has 170 valence electrons. The van der Waals surface area contributed by atoms with Gasteiger partial charge in [0, 0.05) is 29.2 Å². The smallest absolute Gasteiger partial charge is 0.271 e. The van der Waals surface area contributed by atoms with Crippen molar-refractivity contribution in [1.82, 2.24) is 14.8 Å². The molecule has 1 unspecified atom stereocenters. The molecule has 1 aromatic heterocycles. The predicted molar refractivity (Wildman–Crippen MR) is 122 cm³/mol. The normalized spacial score (nSPS) is 16.7. The minimum atomic E-state index is -1.44. The Morgan fingerprint density at radius 1 is 1.41 bits per heavy atom. The fourth-order valence-corrected chi connectivity index (χ4v) is 3.25. The number of allylic oxidation sites excluding steroid dienone is 1. The number of nitrogens with zero attached hydrogens (tertiary/aromatic N) is 4. The number of hydrazine groups is 1. The second-order valence-corrected chi connectivity index (χ2v) is 8.02. The van der Waals surface area contributed by atoms with Gasteiger partial charge in [-0.3, -0.25) is 14.5 Å². The van der Waals surface area contributed by atoms with Crippen molar-refractivity contribution < 1.29 is 19.7 Å². The van der Waals surface area contributed by atoms with Gasteiger partial charge in [-0.1, -0.05) is 23.2 Å². The minimum absolute atomic E-state index is 0.0459. The molecule has 10 nitrogen and oxygen atoms in total. The zero-order valence-corrected chi connectivity index (χ0v) is 18.8. The zero-order chi connectivity index (χ0) is 23.5. The zero-order valence-electron chi connectivity index (χ0n) is 17.3. The summed E-state index contributed by atoms with van der Waals surface area (Å²) in [6, 6.07) is 4.95. The Labute approximate surface area is 194 Å². The molecule has 5 N–H and O–H groups in total. The van der Waals surface area contributed by atoms with Crippen LogP contribution >= 0.6 is 23.2 Å². The van der Waals surface area contributed by atoms with Gasteiger partial charge in [0.25, 0.3) is 5.91 Å². The fourth-order valence-electron chi connectivity index (χ4n) is 2.89. The summed E-state index contributed by atoms with van der Waals surface area (Å²) in [6.45, 7) is 0.925. The summed E-state index contributed by atoms with van der Waals surface area (Å²) in [4.78, 5) is 16.9. The van der Waals surface area contributed by atoms with Crippen molar-refractivity contribution in [2.24, 2.45) is 10.8 Å². The maximum Gasteiger partial charge on any atom is 0.271 e. The molecule has 0 bridgehead atoms. The third-order valence-corrected chi connectivity index (χ3v) is 5.02. The van der Waals surface area contributed by atoms with Gasteiger partial charge >= 0.3 is 0 Å². The Hall–Kier alpha value is -2.89. The number of anilines is 1. The van der Waals surface area contributed by atoms with Gasteiger partial charge < -0.3 is 20.3 Å². The standard InChI is InChI=1S/C20H22Cl2N6O4/c1-20(31,11-29)10-27-9-14(17(26-27)13-8-12(21)4-5-15(13)32-2)25-19(30)16(22)18-24-6-3-7-28(18)23/h3-9,29,31H,10-11,23H2,1-2H3,(H,25,30)/b18-16-. The largest absolute Gasteiger partial charge is 0.496 e. The topological polar surface area (TPSA) is 138 Å². The maximum atomic E-state index is 12.8. The summed E-state index contributed by atoms with van der Waals surface area (Å²) in [5.41, 5.74) is -0.355. The number of hydrogen-bond acceptors (Lipinski definition) is 8. The first kappa shape index (κ1) is 23.8. The van der Waals surface area contributed by atoms with Crippen LogP contribution in [0.3, 0.4) is 0 Å². The minimum Gasteiger partial charge on any atom is -0.496 e. The lowest BCUT2D eigenvalue weighted by Crippen LogP contribution is -2.34. The van der Waals surface area contributed by atoms with E-state index in [0.717, 1.165) is 5.01 Å². The van der Waals surface area contributed by atoms with Gasteiger partial charge in [0.1, 0.15) is 22.1 Å². The van der Waals surface area contributed by atoms with Gasteiger partial charge in [0.2, 0.25) is 0 Å². The molecule has 1 amide bonds. The van der Waals surface area contributed by atoms with E-state index in [9.17, 15) is 15.0 Å². The van der Waals surface area contributed by atoms with Crippen molar-refractivity contribution in [3.8, 4) is 17.0 Å². The summed E-state index contributed by atoms with van der Waals surface area (Å²) in [6.07, 6.45) is 6.03. The van der Waals surface area contributed by atoms with Crippen molar-refractivity contribution in [2.45, 2.75) is 19.1 Å². The lowest BCUT2D eigenvalue weighted by Gasteiger charge is -2.19. The number of carbonyl (C=O) groups excluding carboxylic acids is 1. The van der Waals surface area contributed by atoms with Crippen molar-refractivity contribution in [3.63, 3.8) is 0 Å². The van der Waals surface area contributed by atoms with Crippen molar-refractivity contribution in [3.05, 3.63) is 52.5 Å². The number of hydrogen-bond donors (Lipinski definition) is 4. The van der Waals surface area contributed by atoms with Crippen LogP contribution in [0.15, 0.2) is 52.5 Å². The number of aliphatic hydroxyl groups is 2. The molecule has 3 rings (SSSR count). The molecule has 2 heterocycles. The van der Waals surface area contributed by atoms with Crippen LogP contribution in [0.5, 0.6) is 5.75 Å². The van der Waals surface area contributed by atoms with E-state index >= 15 is 0 Å². The van der Waals surface area contributed by atoms with Crippen LogP contribution < -0.4 is 15.9 Å². The molecular formula is C20H22Cl2N6O4. The van der Waals surface area contributed by atoms with E-state index < -0.39 is 18.1 Å². The Bertz CT molecular complexity index is 1110. The summed E-state index contributed by atoms with van der Waals surface area (Å²) in [5.74, 6) is 5.63. The first-order valence-corrected chi connectivity index (χ1v) is 10.1. The summed E-state index contributed by atoms with van der Waals surface area (Å²) in [7, 11) is 1.49. The number of aliphatic hydroxyl groups excluding tert-OH is 1. The van der Waals surface area contributed by atoms with E-state index in [1.807, 2.05) is 0 Å². The molecule has 1 aliphatic heterocycles. The van der Waals surface area contributed by atoms with Gasteiger partial charge in [-0.2, -0.15) is 5.10 Å². The highest BCUT2D eigenvalue weighted by Crippen LogP contribution is 2.36. The summed E-state index contributed by atoms with van der Waals surface area (Å²) in [5, 5.41) is 28.1. The monoisotopic (exact) mass is 480 g/mol. The molecule has 0 radical (unpaired) electrons. The van der Waals surface area contributed by atoms with E-state index in [4.69, 9.17) is 33.8 Å². The van der Waals surface area contributed by atoms with Gasteiger partial charge in [-0.05, 0) is 31.2 Å². The molecule has 2 aromatic rings. The number of aromatic nitrogens is 2. The van der Waals surface area contributed by atoms with E-state index in [1.54, 1.807) is 24.3 Å². The molecule has 12 heteroatoms. The van der Waals surface area contributed by atoms with Gasteiger partial charge in [-0.15, -0.1) is 0 Å². The second-order valence-electron chi connectivity index (χ2n) is 7.21. The molecule has 1 aromatic carbocycles. The molecule has 0 fully saturated rings. The number of aliphatic imine (C=N–C) groups is 1. The Morgan fingerprint density at radius 3 is 2.81 bits per heavy atom. The van der Waals surface area contributed by atoms with Crippen molar-refractivity contribution >= 4 is 41.0 Å². The van der Waals surface area contributed by atoms with Crippen LogP contribution in [0.4, 0.5) is 5.69 Å². The van der Waals surface area contributed by atoms with Gasteiger partial charge in [-0.25, -0.2) is 10.8 Å². The third-order valence-electron chi connectivity index (χ3n) is 4.44. The van der Waals surface area contributed by atoms with Crippen molar-refractivity contribution in [1.29, 1.82) is 0 Å².